The predicted octanol–water partition coefficient (Wildman–Crippen LogP) is 0.279. The molecule has 0 atom stereocenters. The van der Waals surface area contributed by atoms with Crippen LogP contribution < -0.4 is 4.90 Å². The summed E-state index contributed by atoms with van der Waals surface area (Å²) in [6.07, 6.45) is 2.04. The summed E-state index contributed by atoms with van der Waals surface area (Å²) in [5.41, 5.74) is 0.938. The molecule has 1 aliphatic rings. The number of hydrogen-bond acceptors (Lipinski definition) is 6. The molecule has 1 aliphatic heterocycles. The van der Waals surface area contributed by atoms with Gasteiger partial charge in [-0.2, -0.15) is 4.31 Å². The van der Waals surface area contributed by atoms with Crippen LogP contribution >= 0.6 is 11.3 Å². The van der Waals surface area contributed by atoms with Gasteiger partial charge in [0, 0.05) is 26.2 Å². The third kappa shape index (κ3) is 3.25. The molecule has 1 saturated heterocycles. The second-order valence-corrected chi connectivity index (χ2v) is 7.57. The quantitative estimate of drug-likeness (QED) is 0.865. The summed E-state index contributed by atoms with van der Waals surface area (Å²) in [4.78, 5) is 7.52. The molecule has 1 aromatic rings. The largest absolute Gasteiger partial charge is 0.391 e. The number of aliphatic hydroxyl groups excluding tert-OH is 1. The number of sulfonamides is 1. The van der Waals surface area contributed by atoms with E-state index >= 15 is 0 Å². The highest BCUT2D eigenvalue weighted by atomic mass is 32.2. The van der Waals surface area contributed by atoms with Crippen LogP contribution in [0.2, 0.25) is 0 Å². The highest BCUT2D eigenvalue weighted by molar-refractivity contribution is 7.88. The van der Waals surface area contributed by atoms with E-state index in [4.69, 9.17) is 0 Å². The molecule has 1 N–H and O–H groups in total. The maximum absolute atomic E-state index is 11.4. The van der Waals surface area contributed by atoms with Gasteiger partial charge >= 0.3 is 0 Å². The molecule has 8 heteroatoms. The van der Waals surface area contributed by atoms with E-state index in [1.165, 1.54) is 21.9 Å². The summed E-state index contributed by atoms with van der Waals surface area (Å²) in [5.74, 6) is 0. The van der Waals surface area contributed by atoms with E-state index in [-0.39, 0.29) is 6.61 Å². The van der Waals surface area contributed by atoms with Crippen molar-refractivity contribution in [2.24, 2.45) is 0 Å². The summed E-state index contributed by atoms with van der Waals surface area (Å²) in [6.45, 7) is 4.32. The lowest BCUT2D eigenvalue weighted by Gasteiger charge is -2.32. The Morgan fingerprint density at radius 2 is 1.95 bits per heavy atom. The molecule has 2 rings (SSSR count). The second-order valence-electron chi connectivity index (χ2n) is 4.53. The molecule has 0 radical (unpaired) electrons. The van der Waals surface area contributed by atoms with Crippen molar-refractivity contribution in [3.05, 3.63) is 10.6 Å². The van der Waals surface area contributed by atoms with Crippen LogP contribution in [-0.4, -0.2) is 55.2 Å². The molecule has 0 amide bonds. The van der Waals surface area contributed by atoms with E-state index < -0.39 is 10.0 Å². The van der Waals surface area contributed by atoms with Gasteiger partial charge in [-0.05, 0) is 6.42 Å². The van der Waals surface area contributed by atoms with Crippen molar-refractivity contribution in [3.63, 3.8) is 0 Å². The van der Waals surface area contributed by atoms with E-state index in [0.717, 1.165) is 22.1 Å². The van der Waals surface area contributed by atoms with Crippen LogP contribution in [0.15, 0.2) is 0 Å². The van der Waals surface area contributed by atoms with Crippen LogP contribution in [0.25, 0.3) is 0 Å². The molecular formula is C11H19N3O3S2. The molecule has 0 aromatic carbocycles. The third-order valence-corrected chi connectivity index (χ3v) is 5.67. The average molecular weight is 305 g/mol. The van der Waals surface area contributed by atoms with Crippen LogP contribution in [0.4, 0.5) is 5.13 Å². The molecule has 0 bridgehead atoms. The Morgan fingerprint density at radius 3 is 2.37 bits per heavy atom. The van der Waals surface area contributed by atoms with Gasteiger partial charge in [-0.3, -0.25) is 0 Å². The lowest BCUT2D eigenvalue weighted by atomic mass is 10.3. The summed E-state index contributed by atoms with van der Waals surface area (Å²) in [5, 5.41) is 10.2. The molecule has 0 unspecified atom stereocenters. The smallest absolute Gasteiger partial charge is 0.211 e. The van der Waals surface area contributed by atoms with E-state index in [1.807, 2.05) is 6.92 Å². The monoisotopic (exact) mass is 305 g/mol. The van der Waals surface area contributed by atoms with Crippen LogP contribution in [-0.2, 0) is 23.1 Å². The minimum Gasteiger partial charge on any atom is -0.391 e. The number of aromatic nitrogens is 1. The molecule has 2 heterocycles. The van der Waals surface area contributed by atoms with Crippen molar-refractivity contribution in [1.82, 2.24) is 9.29 Å². The molecule has 108 valence electrons. The van der Waals surface area contributed by atoms with Gasteiger partial charge in [-0.1, -0.05) is 18.3 Å². The molecule has 0 aliphatic carbocycles. The number of rotatable bonds is 4. The fraction of sp³-hybridized carbons (Fsp3) is 0.727. The van der Waals surface area contributed by atoms with Crippen LogP contribution in [0.1, 0.15) is 17.5 Å². The SMILES string of the molecule is CCc1nc(N2CCN(S(C)(=O)=O)CC2)sc1CO. The fourth-order valence-electron chi connectivity index (χ4n) is 2.12. The van der Waals surface area contributed by atoms with E-state index in [9.17, 15) is 13.5 Å². The van der Waals surface area contributed by atoms with Crippen LogP contribution in [0.3, 0.4) is 0 Å². The first-order valence-corrected chi connectivity index (χ1v) is 8.91. The molecule has 19 heavy (non-hydrogen) atoms. The number of nitrogens with zero attached hydrogens (tertiary/aromatic N) is 3. The first-order chi connectivity index (χ1) is 8.95. The zero-order valence-corrected chi connectivity index (χ0v) is 12.8. The maximum Gasteiger partial charge on any atom is 0.211 e. The maximum atomic E-state index is 11.4. The highest BCUT2D eigenvalue weighted by Crippen LogP contribution is 2.27. The Kier molecular flexibility index (Phi) is 4.44. The number of piperazine rings is 1. The first-order valence-electron chi connectivity index (χ1n) is 6.25. The number of aliphatic hydroxyl groups is 1. The zero-order chi connectivity index (χ0) is 14.0. The highest BCUT2D eigenvalue weighted by Gasteiger charge is 2.25. The van der Waals surface area contributed by atoms with Gasteiger partial charge in [0.25, 0.3) is 0 Å². The topological polar surface area (TPSA) is 73.7 Å². The Balaban J connectivity index is 2.07. The van der Waals surface area contributed by atoms with Crippen molar-refractivity contribution in [2.45, 2.75) is 20.0 Å². The van der Waals surface area contributed by atoms with Crippen LogP contribution in [0, 0.1) is 0 Å². The normalized spacial score (nSPS) is 17.9. The van der Waals surface area contributed by atoms with Gasteiger partial charge in [-0.25, -0.2) is 13.4 Å². The van der Waals surface area contributed by atoms with Crippen molar-refractivity contribution < 1.29 is 13.5 Å². The number of hydrogen-bond donors (Lipinski definition) is 1. The minimum absolute atomic E-state index is 0.0180. The third-order valence-electron chi connectivity index (χ3n) is 3.22. The van der Waals surface area contributed by atoms with E-state index in [1.54, 1.807) is 0 Å². The van der Waals surface area contributed by atoms with Crippen molar-refractivity contribution >= 4 is 26.5 Å². The second kappa shape index (κ2) is 5.74. The summed E-state index contributed by atoms with van der Waals surface area (Å²) >= 11 is 1.50. The van der Waals surface area contributed by atoms with E-state index in [2.05, 4.69) is 9.88 Å². The number of anilines is 1. The summed E-state index contributed by atoms with van der Waals surface area (Å²) in [7, 11) is -3.09. The van der Waals surface area contributed by atoms with Crippen molar-refractivity contribution in [3.8, 4) is 0 Å². The minimum atomic E-state index is -3.09. The zero-order valence-electron chi connectivity index (χ0n) is 11.2. The lowest BCUT2D eigenvalue weighted by molar-refractivity contribution is 0.284. The van der Waals surface area contributed by atoms with Gasteiger partial charge in [0.1, 0.15) is 0 Å². The van der Waals surface area contributed by atoms with E-state index in [0.29, 0.717) is 26.2 Å². The molecule has 1 aromatic heterocycles. The fourth-order valence-corrected chi connectivity index (χ4v) is 4.00. The number of aryl methyl sites for hydroxylation is 1. The van der Waals surface area contributed by atoms with Crippen LogP contribution in [0.5, 0.6) is 0 Å². The first kappa shape index (κ1) is 14.7. The lowest BCUT2D eigenvalue weighted by Crippen LogP contribution is -2.48. The summed E-state index contributed by atoms with van der Waals surface area (Å²) < 4.78 is 24.4. The van der Waals surface area contributed by atoms with Gasteiger partial charge in [0.05, 0.1) is 23.4 Å². The summed E-state index contributed by atoms with van der Waals surface area (Å²) in [6, 6.07) is 0. The molecular weight excluding hydrogens is 286 g/mol. The predicted molar refractivity (Wildman–Crippen MR) is 76.0 cm³/mol. The van der Waals surface area contributed by atoms with Crippen molar-refractivity contribution in [2.75, 3.05) is 37.3 Å². The molecule has 0 saturated carbocycles. The molecule has 6 nitrogen and oxygen atoms in total. The van der Waals surface area contributed by atoms with Gasteiger partial charge in [0.2, 0.25) is 10.0 Å². The molecule has 1 fully saturated rings. The average Bonchev–Trinajstić information content (AvgIpc) is 2.81. The van der Waals surface area contributed by atoms with Crippen molar-refractivity contribution in [1.29, 1.82) is 0 Å². The Morgan fingerprint density at radius 1 is 1.32 bits per heavy atom. The van der Waals surface area contributed by atoms with Gasteiger partial charge in [-0.15, -0.1) is 0 Å². The molecule has 0 spiro atoms. The van der Waals surface area contributed by atoms with Gasteiger partial charge in [0.15, 0.2) is 5.13 Å². The Bertz CT molecular complexity index is 512. The Labute approximate surface area is 117 Å². The van der Waals surface area contributed by atoms with Gasteiger partial charge < -0.3 is 10.0 Å². The Hall–Kier alpha value is -0.700. The number of thiazole rings is 1. The standard InChI is InChI=1S/C11H19N3O3S2/c1-3-9-10(8-15)18-11(12-9)13-4-6-14(7-5-13)19(2,16)17/h15H,3-8H2,1-2H3.